The topological polar surface area (TPSA) is 6.48 Å². The molecule has 1 atom stereocenters. The quantitative estimate of drug-likeness (QED) is 0.767. The van der Waals surface area contributed by atoms with Crippen molar-refractivity contribution in [2.75, 3.05) is 26.7 Å². The molecule has 0 amide bonds. The summed E-state index contributed by atoms with van der Waals surface area (Å²) in [5, 5.41) is 0. The highest BCUT2D eigenvalue weighted by Crippen LogP contribution is 2.25. The molecule has 1 aromatic rings. The molecule has 0 spiro atoms. The molecule has 2 heteroatoms. The van der Waals surface area contributed by atoms with Gasteiger partial charge in [-0.2, -0.15) is 0 Å². The second-order valence-corrected chi connectivity index (χ2v) is 5.90. The average Bonchev–Trinajstić information content (AvgIpc) is 2.86. The Morgan fingerprint density at radius 1 is 1.16 bits per heavy atom. The maximum absolute atomic E-state index is 2.59. The lowest BCUT2D eigenvalue weighted by molar-refractivity contribution is 0.253. The molecule has 2 heterocycles. The van der Waals surface area contributed by atoms with E-state index in [0.717, 1.165) is 13.1 Å². The van der Waals surface area contributed by atoms with E-state index in [0.29, 0.717) is 6.04 Å². The maximum atomic E-state index is 2.59. The molecule has 19 heavy (non-hydrogen) atoms. The Kier molecular flexibility index (Phi) is 4.00. The van der Waals surface area contributed by atoms with Gasteiger partial charge in [0.2, 0.25) is 0 Å². The van der Waals surface area contributed by atoms with E-state index in [-0.39, 0.29) is 0 Å². The lowest BCUT2D eigenvalue weighted by atomic mass is 9.99. The van der Waals surface area contributed by atoms with Crippen LogP contribution in [0.4, 0.5) is 0 Å². The van der Waals surface area contributed by atoms with E-state index in [1.807, 2.05) is 0 Å². The molecule has 102 valence electrons. The first-order chi connectivity index (χ1) is 9.33. The molecule has 0 bridgehead atoms. The van der Waals surface area contributed by atoms with Gasteiger partial charge in [-0.25, -0.2) is 0 Å². The second-order valence-electron chi connectivity index (χ2n) is 5.90. The van der Waals surface area contributed by atoms with Crippen LogP contribution in [0.5, 0.6) is 0 Å². The standard InChI is InChI=1S/C17H24N2/c1-18-11-6-10-17(18)16-9-5-12-19(14-16)13-15-7-3-2-4-8-15/h2-4,7-9,17H,5-6,10-14H2,1H3/t17-/m0/s1. The highest BCUT2D eigenvalue weighted by atomic mass is 15.2. The number of benzene rings is 1. The zero-order valence-electron chi connectivity index (χ0n) is 11.9. The van der Waals surface area contributed by atoms with Crippen molar-refractivity contribution in [2.24, 2.45) is 0 Å². The Morgan fingerprint density at radius 3 is 2.74 bits per heavy atom. The third-order valence-electron chi connectivity index (χ3n) is 4.46. The summed E-state index contributed by atoms with van der Waals surface area (Å²) in [7, 11) is 2.27. The fourth-order valence-corrected chi connectivity index (χ4v) is 3.43. The fourth-order valence-electron chi connectivity index (χ4n) is 3.43. The Morgan fingerprint density at radius 2 is 2.00 bits per heavy atom. The zero-order chi connectivity index (χ0) is 13.1. The summed E-state index contributed by atoms with van der Waals surface area (Å²) >= 11 is 0. The number of hydrogen-bond acceptors (Lipinski definition) is 2. The normalized spacial score (nSPS) is 25.5. The molecule has 1 fully saturated rings. The van der Waals surface area contributed by atoms with Gasteiger partial charge in [-0.3, -0.25) is 9.80 Å². The minimum atomic E-state index is 0.707. The van der Waals surface area contributed by atoms with E-state index in [2.05, 4.69) is 53.3 Å². The van der Waals surface area contributed by atoms with E-state index in [1.54, 1.807) is 5.57 Å². The Labute approximate surface area is 116 Å². The first kappa shape index (κ1) is 12.9. The Bertz CT molecular complexity index is 438. The van der Waals surface area contributed by atoms with Gasteiger partial charge in [-0.15, -0.1) is 0 Å². The van der Waals surface area contributed by atoms with Crippen LogP contribution in [0.2, 0.25) is 0 Å². The molecule has 0 N–H and O–H groups in total. The number of likely N-dealkylation sites (N-methyl/N-ethyl adjacent to an activating group) is 1. The highest BCUT2D eigenvalue weighted by molar-refractivity contribution is 5.19. The first-order valence-corrected chi connectivity index (χ1v) is 7.48. The summed E-state index contributed by atoms with van der Waals surface area (Å²) < 4.78 is 0. The van der Waals surface area contributed by atoms with Crippen LogP contribution in [0.3, 0.4) is 0 Å². The van der Waals surface area contributed by atoms with Crippen LogP contribution in [-0.4, -0.2) is 42.5 Å². The van der Waals surface area contributed by atoms with Crippen molar-refractivity contribution < 1.29 is 0 Å². The molecule has 0 aliphatic carbocycles. The average molecular weight is 256 g/mol. The van der Waals surface area contributed by atoms with Gasteiger partial charge in [0.05, 0.1) is 0 Å². The van der Waals surface area contributed by atoms with Gasteiger partial charge in [0.15, 0.2) is 0 Å². The molecule has 0 saturated carbocycles. The maximum Gasteiger partial charge on any atom is 0.0317 e. The van der Waals surface area contributed by atoms with Crippen LogP contribution in [0.1, 0.15) is 24.8 Å². The molecule has 0 radical (unpaired) electrons. The van der Waals surface area contributed by atoms with Gasteiger partial charge in [0, 0.05) is 25.7 Å². The van der Waals surface area contributed by atoms with Crippen LogP contribution in [0.25, 0.3) is 0 Å². The van der Waals surface area contributed by atoms with E-state index in [9.17, 15) is 0 Å². The SMILES string of the molecule is CN1CCC[C@H]1C1=CCCN(Cc2ccccc2)C1. The van der Waals surface area contributed by atoms with E-state index < -0.39 is 0 Å². The van der Waals surface area contributed by atoms with Crippen LogP contribution >= 0.6 is 0 Å². The van der Waals surface area contributed by atoms with Gasteiger partial charge in [-0.05, 0) is 44.0 Å². The van der Waals surface area contributed by atoms with E-state index in [4.69, 9.17) is 0 Å². The molecule has 0 unspecified atom stereocenters. The molecule has 1 aromatic carbocycles. The minimum Gasteiger partial charge on any atom is -0.300 e. The van der Waals surface area contributed by atoms with E-state index in [1.165, 1.54) is 37.9 Å². The first-order valence-electron chi connectivity index (χ1n) is 7.48. The fraction of sp³-hybridized carbons (Fsp3) is 0.529. The monoisotopic (exact) mass is 256 g/mol. The molecule has 3 rings (SSSR count). The second kappa shape index (κ2) is 5.89. The largest absolute Gasteiger partial charge is 0.300 e. The van der Waals surface area contributed by atoms with Crippen molar-refractivity contribution in [1.29, 1.82) is 0 Å². The molecular weight excluding hydrogens is 232 g/mol. The van der Waals surface area contributed by atoms with Gasteiger partial charge in [0.1, 0.15) is 0 Å². The molecule has 2 nitrogen and oxygen atoms in total. The summed E-state index contributed by atoms with van der Waals surface area (Å²) in [6.07, 6.45) is 6.42. The van der Waals surface area contributed by atoms with Crippen molar-refractivity contribution in [2.45, 2.75) is 31.8 Å². The summed E-state index contributed by atoms with van der Waals surface area (Å²) in [5.74, 6) is 0. The molecule has 2 aliphatic heterocycles. The predicted molar refractivity (Wildman–Crippen MR) is 80.1 cm³/mol. The molecular formula is C17H24N2. The third-order valence-corrected chi connectivity index (χ3v) is 4.46. The molecule has 0 aromatic heterocycles. The number of rotatable bonds is 3. The summed E-state index contributed by atoms with van der Waals surface area (Å²) in [4.78, 5) is 5.12. The molecule has 1 saturated heterocycles. The van der Waals surface area contributed by atoms with Crippen LogP contribution < -0.4 is 0 Å². The van der Waals surface area contributed by atoms with Crippen LogP contribution in [0.15, 0.2) is 42.0 Å². The Balaban J connectivity index is 1.63. The lowest BCUT2D eigenvalue weighted by Crippen LogP contribution is -2.37. The Hall–Kier alpha value is -1.12. The van der Waals surface area contributed by atoms with Crippen molar-refractivity contribution in [3.63, 3.8) is 0 Å². The number of likely N-dealkylation sites (tertiary alicyclic amines) is 1. The smallest absolute Gasteiger partial charge is 0.0317 e. The number of hydrogen-bond donors (Lipinski definition) is 0. The van der Waals surface area contributed by atoms with Gasteiger partial charge >= 0.3 is 0 Å². The lowest BCUT2D eigenvalue weighted by Gasteiger charge is -2.32. The minimum absolute atomic E-state index is 0.707. The summed E-state index contributed by atoms with van der Waals surface area (Å²) in [5.41, 5.74) is 3.09. The van der Waals surface area contributed by atoms with Crippen molar-refractivity contribution in [3.8, 4) is 0 Å². The van der Waals surface area contributed by atoms with Crippen LogP contribution in [0, 0.1) is 0 Å². The van der Waals surface area contributed by atoms with Crippen LogP contribution in [-0.2, 0) is 6.54 Å². The van der Waals surface area contributed by atoms with Gasteiger partial charge in [-0.1, -0.05) is 36.4 Å². The highest BCUT2D eigenvalue weighted by Gasteiger charge is 2.26. The third kappa shape index (κ3) is 3.07. The van der Waals surface area contributed by atoms with Gasteiger partial charge < -0.3 is 0 Å². The molecule has 2 aliphatic rings. The van der Waals surface area contributed by atoms with E-state index >= 15 is 0 Å². The van der Waals surface area contributed by atoms with Crippen molar-refractivity contribution >= 4 is 0 Å². The van der Waals surface area contributed by atoms with Gasteiger partial charge in [0.25, 0.3) is 0 Å². The van der Waals surface area contributed by atoms with Crippen molar-refractivity contribution in [1.82, 2.24) is 9.80 Å². The zero-order valence-corrected chi connectivity index (χ0v) is 11.9. The number of nitrogens with zero attached hydrogens (tertiary/aromatic N) is 2. The van der Waals surface area contributed by atoms with Crippen molar-refractivity contribution in [3.05, 3.63) is 47.5 Å². The summed E-state index contributed by atoms with van der Waals surface area (Å²) in [6, 6.07) is 11.6. The predicted octanol–water partition coefficient (Wildman–Crippen LogP) is 2.91. The summed E-state index contributed by atoms with van der Waals surface area (Å²) in [6.45, 7) is 4.72.